The smallest absolute Gasteiger partial charge is 0.375 e. The fourth-order valence-electron chi connectivity index (χ4n) is 3.65. The molecule has 0 aromatic heterocycles. The maximum Gasteiger partial charge on any atom is 0.416 e. The lowest BCUT2D eigenvalue weighted by Gasteiger charge is -2.35. The van der Waals surface area contributed by atoms with Gasteiger partial charge in [-0.1, -0.05) is 12.1 Å². The number of likely N-dealkylation sites (tertiary alicyclic amines) is 1. The summed E-state index contributed by atoms with van der Waals surface area (Å²) < 4.78 is 44.0. The predicted molar refractivity (Wildman–Crippen MR) is 99.5 cm³/mol. The second kappa shape index (κ2) is 8.73. The van der Waals surface area contributed by atoms with E-state index in [-0.39, 0.29) is 30.1 Å². The Morgan fingerprint density at radius 2 is 2.00 bits per heavy atom. The highest BCUT2D eigenvalue weighted by molar-refractivity contribution is 8.00. The molecule has 5 nitrogen and oxygen atoms in total. The summed E-state index contributed by atoms with van der Waals surface area (Å²) in [5.74, 6) is 0.398. The number of ether oxygens (including phenoxy) is 1. The third kappa shape index (κ3) is 4.81. The van der Waals surface area contributed by atoms with Crippen LogP contribution in [0, 0.1) is 5.92 Å². The molecule has 0 N–H and O–H groups in total. The second-order valence-corrected chi connectivity index (χ2v) is 8.16. The maximum atomic E-state index is 13.0. The van der Waals surface area contributed by atoms with Crippen LogP contribution in [-0.4, -0.2) is 60.7 Å². The number of thioether (sulfide) groups is 1. The first-order valence-electron chi connectivity index (χ1n) is 9.14. The van der Waals surface area contributed by atoms with E-state index >= 15 is 0 Å². The van der Waals surface area contributed by atoms with Crippen LogP contribution in [0.25, 0.3) is 0 Å². The summed E-state index contributed by atoms with van der Waals surface area (Å²) in [6, 6.07) is 5.21. The van der Waals surface area contributed by atoms with Crippen LogP contribution >= 0.6 is 11.8 Å². The molecule has 28 heavy (non-hydrogen) atoms. The highest BCUT2D eigenvalue weighted by Crippen LogP contribution is 2.41. The summed E-state index contributed by atoms with van der Waals surface area (Å²) in [5, 5.41) is -0.400. The SMILES string of the molecule is COCC(=O)N1CCC(CN2C(=O)CSC2c2cccc(C(F)(F)F)c2)CC1. The first kappa shape index (κ1) is 21.0. The van der Waals surface area contributed by atoms with E-state index in [1.165, 1.54) is 24.9 Å². The van der Waals surface area contributed by atoms with Crippen molar-refractivity contribution in [1.82, 2.24) is 9.80 Å². The molecule has 0 bridgehead atoms. The van der Waals surface area contributed by atoms with Crippen molar-refractivity contribution in [2.45, 2.75) is 24.4 Å². The predicted octanol–water partition coefficient (Wildman–Crippen LogP) is 3.16. The summed E-state index contributed by atoms with van der Waals surface area (Å²) in [6.07, 6.45) is -2.88. The van der Waals surface area contributed by atoms with E-state index in [0.717, 1.165) is 25.0 Å². The average molecular weight is 416 g/mol. The van der Waals surface area contributed by atoms with Gasteiger partial charge in [0, 0.05) is 26.7 Å². The normalized spacial score (nSPS) is 21.4. The third-order valence-corrected chi connectivity index (χ3v) is 6.41. The molecular weight excluding hydrogens is 393 g/mol. The zero-order valence-electron chi connectivity index (χ0n) is 15.6. The molecule has 0 saturated carbocycles. The highest BCUT2D eigenvalue weighted by atomic mass is 32.2. The number of piperidine rings is 1. The number of hydrogen-bond donors (Lipinski definition) is 0. The summed E-state index contributed by atoms with van der Waals surface area (Å²) in [7, 11) is 1.48. The van der Waals surface area contributed by atoms with Crippen molar-refractivity contribution in [3.8, 4) is 0 Å². The molecule has 1 aromatic carbocycles. The van der Waals surface area contributed by atoms with Crippen molar-refractivity contribution in [3.63, 3.8) is 0 Å². The highest BCUT2D eigenvalue weighted by Gasteiger charge is 2.37. The Morgan fingerprint density at radius 1 is 1.29 bits per heavy atom. The Hall–Kier alpha value is -1.74. The number of halogens is 3. The Balaban J connectivity index is 1.65. The monoisotopic (exact) mass is 416 g/mol. The van der Waals surface area contributed by atoms with Crippen LogP contribution in [0.5, 0.6) is 0 Å². The van der Waals surface area contributed by atoms with E-state index in [1.54, 1.807) is 15.9 Å². The van der Waals surface area contributed by atoms with Gasteiger partial charge < -0.3 is 14.5 Å². The van der Waals surface area contributed by atoms with Crippen molar-refractivity contribution in [3.05, 3.63) is 35.4 Å². The molecule has 1 aromatic rings. The van der Waals surface area contributed by atoms with Gasteiger partial charge in [-0.25, -0.2) is 0 Å². The summed E-state index contributed by atoms with van der Waals surface area (Å²) in [4.78, 5) is 27.7. The number of alkyl halides is 3. The minimum absolute atomic E-state index is 0.0457. The van der Waals surface area contributed by atoms with E-state index in [4.69, 9.17) is 4.74 Å². The molecule has 0 spiro atoms. The minimum atomic E-state index is -4.41. The number of hydrogen-bond acceptors (Lipinski definition) is 4. The molecule has 2 saturated heterocycles. The van der Waals surface area contributed by atoms with Crippen LogP contribution in [0.1, 0.15) is 29.3 Å². The van der Waals surface area contributed by atoms with E-state index < -0.39 is 17.1 Å². The summed E-state index contributed by atoms with van der Waals surface area (Å²) >= 11 is 1.36. The number of carbonyl (C=O) groups is 2. The molecule has 0 aliphatic carbocycles. The Morgan fingerprint density at radius 3 is 2.64 bits per heavy atom. The number of carbonyl (C=O) groups excluding carboxylic acids is 2. The summed E-state index contributed by atoms with van der Waals surface area (Å²) in [5.41, 5.74) is -0.201. The fourth-order valence-corrected chi connectivity index (χ4v) is 4.84. The Kier molecular flexibility index (Phi) is 6.54. The largest absolute Gasteiger partial charge is 0.416 e. The van der Waals surface area contributed by atoms with Gasteiger partial charge in [-0.3, -0.25) is 9.59 Å². The maximum absolute atomic E-state index is 13.0. The molecule has 2 aliphatic rings. The molecule has 1 atom stereocenters. The van der Waals surface area contributed by atoms with Crippen LogP contribution in [0.3, 0.4) is 0 Å². The number of methoxy groups -OCH3 is 1. The number of amides is 2. The molecule has 2 fully saturated rings. The van der Waals surface area contributed by atoms with Crippen molar-refractivity contribution in [2.24, 2.45) is 5.92 Å². The lowest BCUT2D eigenvalue weighted by molar-refractivity contribution is -0.138. The first-order chi connectivity index (χ1) is 13.3. The molecule has 9 heteroatoms. The van der Waals surface area contributed by atoms with Gasteiger partial charge in [0.2, 0.25) is 11.8 Å². The van der Waals surface area contributed by atoms with Gasteiger partial charge >= 0.3 is 6.18 Å². The second-order valence-electron chi connectivity index (χ2n) is 7.09. The fraction of sp³-hybridized carbons (Fsp3) is 0.579. The molecular formula is C19H23F3N2O3S. The minimum Gasteiger partial charge on any atom is -0.375 e. The first-order valence-corrected chi connectivity index (χ1v) is 10.2. The molecule has 154 valence electrons. The molecule has 1 unspecified atom stereocenters. The van der Waals surface area contributed by atoms with Crippen LogP contribution < -0.4 is 0 Å². The van der Waals surface area contributed by atoms with Crippen molar-refractivity contribution >= 4 is 23.6 Å². The van der Waals surface area contributed by atoms with Crippen molar-refractivity contribution in [1.29, 1.82) is 0 Å². The molecule has 2 heterocycles. The van der Waals surface area contributed by atoms with E-state index in [1.807, 2.05) is 0 Å². The Bertz CT molecular complexity index is 721. The number of nitrogens with zero attached hydrogens (tertiary/aromatic N) is 2. The molecule has 0 radical (unpaired) electrons. The molecule has 2 aliphatic heterocycles. The van der Waals surface area contributed by atoms with Crippen LogP contribution in [0.4, 0.5) is 13.2 Å². The van der Waals surface area contributed by atoms with Gasteiger partial charge in [0.15, 0.2) is 0 Å². The average Bonchev–Trinajstić information content (AvgIpc) is 3.02. The van der Waals surface area contributed by atoms with E-state index in [9.17, 15) is 22.8 Å². The van der Waals surface area contributed by atoms with E-state index in [0.29, 0.717) is 25.2 Å². The quantitative estimate of drug-likeness (QED) is 0.740. The zero-order valence-corrected chi connectivity index (χ0v) is 16.4. The molecule has 3 rings (SSSR count). The van der Waals surface area contributed by atoms with Gasteiger partial charge in [0.05, 0.1) is 11.3 Å². The van der Waals surface area contributed by atoms with Crippen molar-refractivity contribution in [2.75, 3.05) is 39.1 Å². The lowest BCUT2D eigenvalue weighted by atomic mass is 9.95. The van der Waals surface area contributed by atoms with Crippen LogP contribution in [0.2, 0.25) is 0 Å². The van der Waals surface area contributed by atoms with Crippen LogP contribution in [-0.2, 0) is 20.5 Å². The van der Waals surface area contributed by atoms with Gasteiger partial charge in [-0.2, -0.15) is 13.2 Å². The third-order valence-electron chi connectivity index (χ3n) is 5.16. The standard InChI is InChI=1S/C19H23F3N2O3S/c1-27-11-16(25)23-7-5-13(6-8-23)10-24-17(26)12-28-18(24)14-3-2-4-15(9-14)19(20,21)22/h2-4,9,13,18H,5-8,10-12H2,1H3. The van der Waals surface area contributed by atoms with Gasteiger partial charge in [0.25, 0.3) is 0 Å². The van der Waals surface area contributed by atoms with Crippen LogP contribution in [0.15, 0.2) is 24.3 Å². The topological polar surface area (TPSA) is 49.9 Å². The molecule has 2 amide bonds. The zero-order chi connectivity index (χ0) is 20.3. The number of benzene rings is 1. The van der Waals surface area contributed by atoms with Gasteiger partial charge in [0.1, 0.15) is 12.0 Å². The van der Waals surface area contributed by atoms with Gasteiger partial charge in [-0.15, -0.1) is 11.8 Å². The number of rotatable bonds is 5. The van der Waals surface area contributed by atoms with Gasteiger partial charge in [-0.05, 0) is 36.5 Å². The Labute approximate surface area is 166 Å². The summed E-state index contributed by atoms with van der Waals surface area (Å²) in [6.45, 7) is 1.77. The lowest BCUT2D eigenvalue weighted by Crippen LogP contribution is -2.43. The van der Waals surface area contributed by atoms with Crippen molar-refractivity contribution < 1.29 is 27.5 Å². The van der Waals surface area contributed by atoms with E-state index in [2.05, 4.69) is 0 Å².